The maximum atomic E-state index is 12.2. The average molecular weight is 336 g/mol. The van der Waals surface area contributed by atoms with Gasteiger partial charge in [-0.2, -0.15) is 0 Å². The highest BCUT2D eigenvalue weighted by atomic mass is 16.5. The van der Waals surface area contributed by atoms with E-state index in [9.17, 15) is 4.79 Å². The van der Waals surface area contributed by atoms with Gasteiger partial charge in [0, 0.05) is 0 Å². The van der Waals surface area contributed by atoms with Crippen LogP contribution in [0.5, 0.6) is 11.5 Å². The normalized spacial score (nSPS) is 14.6. The first-order chi connectivity index (χ1) is 11.4. The van der Waals surface area contributed by atoms with Gasteiger partial charge in [-0.25, -0.2) is 0 Å². The summed E-state index contributed by atoms with van der Waals surface area (Å²) in [5.41, 5.74) is 6.95. The van der Waals surface area contributed by atoms with Crippen molar-refractivity contribution in [1.29, 1.82) is 0 Å². The minimum Gasteiger partial charge on any atom is -0.493 e. The fourth-order valence-electron chi connectivity index (χ4n) is 2.30. The molecule has 0 aromatic heterocycles. The van der Waals surface area contributed by atoms with E-state index >= 15 is 0 Å². The molecule has 24 heavy (non-hydrogen) atoms. The van der Waals surface area contributed by atoms with Gasteiger partial charge >= 0.3 is 0 Å². The molecule has 0 saturated carbocycles. The lowest BCUT2D eigenvalue weighted by Crippen LogP contribution is -2.45. The molecule has 3 atom stereocenters. The predicted octanol–water partition coefficient (Wildman–Crippen LogP) is 3.42. The molecule has 5 heteroatoms. The number of nitrogens with two attached hydrogens (primary N) is 1. The Morgan fingerprint density at radius 3 is 2.54 bits per heavy atom. The van der Waals surface area contributed by atoms with E-state index in [-0.39, 0.29) is 17.9 Å². The molecule has 3 unspecified atom stereocenters. The predicted molar refractivity (Wildman–Crippen MR) is 97.4 cm³/mol. The summed E-state index contributed by atoms with van der Waals surface area (Å²) in [7, 11) is 1.62. The van der Waals surface area contributed by atoms with Crippen molar-refractivity contribution in [2.45, 2.75) is 59.0 Å². The molecule has 3 N–H and O–H groups in total. The minimum atomic E-state index is -0.490. The Hall–Kier alpha value is -1.75. The number of unbranched alkanes of at least 4 members (excludes halogenated alkanes) is 1. The number of ether oxygens (including phenoxy) is 2. The highest BCUT2D eigenvalue weighted by molar-refractivity contribution is 5.82. The molecule has 1 aromatic rings. The van der Waals surface area contributed by atoms with Gasteiger partial charge in [-0.1, -0.05) is 39.7 Å². The number of nitrogens with one attached hydrogen (secondary N) is 1. The molecule has 0 aliphatic carbocycles. The Kier molecular flexibility index (Phi) is 8.61. The molecule has 0 radical (unpaired) electrons. The number of carbonyl (C=O) groups is 1. The van der Waals surface area contributed by atoms with E-state index in [4.69, 9.17) is 15.2 Å². The molecule has 0 bridgehead atoms. The lowest BCUT2D eigenvalue weighted by Gasteiger charge is -2.22. The molecular weight excluding hydrogens is 304 g/mol. The smallest absolute Gasteiger partial charge is 0.237 e. The SMILES string of the molecule is CCCCOc1ccc(C(C)NC(=O)C(N)C(C)CC)cc1OC. The van der Waals surface area contributed by atoms with Crippen molar-refractivity contribution >= 4 is 5.91 Å². The van der Waals surface area contributed by atoms with Crippen molar-refractivity contribution in [3.63, 3.8) is 0 Å². The largest absolute Gasteiger partial charge is 0.493 e. The van der Waals surface area contributed by atoms with E-state index in [1.807, 2.05) is 39.0 Å². The van der Waals surface area contributed by atoms with Gasteiger partial charge in [-0.05, 0) is 37.0 Å². The summed E-state index contributed by atoms with van der Waals surface area (Å²) in [6.07, 6.45) is 2.96. The summed E-state index contributed by atoms with van der Waals surface area (Å²) in [5, 5.41) is 2.97. The van der Waals surface area contributed by atoms with E-state index in [2.05, 4.69) is 12.2 Å². The van der Waals surface area contributed by atoms with Gasteiger partial charge in [0.2, 0.25) is 5.91 Å². The van der Waals surface area contributed by atoms with Gasteiger partial charge in [0.05, 0.1) is 25.8 Å². The van der Waals surface area contributed by atoms with Crippen molar-refractivity contribution in [2.75, 3.05) is 13.7 Å². The van der Waals surface area contributed by atoms with Crippen molar-refractivity contribution in [2.24, 2.45) is 11.7 Å². The third kappa shape index (κ3) is 5.71. The van der Waals surface area contributed by atoms with E-state index in [0.29, 0.717) is 12.4 Å². The van der Waals surface area contributed by atoms with E-state index in [1.54, 1.807) is 7.11 Å². The summed E-state index contributed by atoms with van der Waals surface area (Å²) >= 11 is 0. The third-order valence-corrected chi connectivity index (χ3v) is 4.36. The Bertz CT molecular complexity index is 519. The third-order valence-electron chi connectivity index (χ3n) is 4.36. The molecule has 0 saturated heterocycles. The lowest BCUT2D eigenvalue weighted by molar-refractivity contribution is -0.124. The fourth-order valence-corrected chi connectivity index (χ4v) is 2.30. The molecule has 0 aliphatic heterocycles. The number of methoxy groups -OCH3 is 1. The minimum absolute atomic E-state index is 0.126. The number of hydrogen-bond donors (Lipinski definition) is 2. The summed E-state index contributed by atoms with van der Waals surface area (Å²) < 4.78 is 11.1. The van der Waals surface area contributed by atoms with Crippen molar-refractivity contribution in [1.82, 2.24) is 5.32 Å². The monoisotopic (exact) mass is 336 g/mol. The highest BCUT2D eigenvalue weighted by Crippen LogP contribution is 2.30. The molecule has 1 aromatic carbocycles. The molecule has 0 aliphatic rings. The molecule has 1 rings (SSSR count). The molecule has 136 valence electrons. The first kappa shape index (κ1) is 20.3. The molecule has 1 amide bonds. The van der Waals surface area contributed by atoms with Gasteiger partial charge in [0.1, 0.15) is 0 Å². The highest BCUT2D eigenvalue weighted by Gasteiger charge is 2.21. The number of rotatable bonds is 10. The van der Waals surface area contributed by atoms with Crippen LogP contribution in [0, 0.1) is 5.92 Å². The molecule has 5 nitrogen and oxygen atoms in total. The topological polar surface area (TPSA) is 73.6 Å². The Morgan fingerprint density at radius 1 is 1.25 bits per heavy atom. The summed E-state index contributed by atoms with van der Waals surface area (Å²) in [5.74, 6) is 1.43. The second-order valence-corrected chi connectivity index (χ2v) is 6.25. The van der Waals surface area contributed by atoms with Crippen LogP contribution in [-0.2, 0) is 4.79 Å². The van der Waals surface area contributed by atoms with Crippen LogP contribution >= 0.6 is 0 Å². The standard InChI is InChI=1S/C19H32N2O3/c1-6-8-11-24-16-10-9-15(12-17(16)23-5)14(4)21-19(22)18(20)13(3)7-2/h9-10,12-14,18H,6-8,11,20H2,1-5H3,(H,21,22). The zero-order valence-electron chi connectivity index (χ0n) is 15.6. The molecule has 0 spiro atoms. The van der Waals surface area contributed by atoms with Crippen molar-refractivity contribution in [3.05, 3.63) is 23.8 Å². The van der Waals surface area contributed by atoms with Crippen LogP contribution in [0.3, 0.4) is 0 Å². The van der Waals surface area contributed by atoms with Gasteiger partial charge < -0.3 is 20.5 Å². The first-order valence-electron chi connectivity index (χ1n) is 8.81. The van der Waals surface area contributed by atoms with E-state index in [0.717, 1.165) is 30.6 Å². The number of amides is 1. The van der Waals surface area contributed by atoms with Gasteiger partial charge in [0.25, 0.3) is 0 Å². The lowest BCUT2D eigenvalue weighted by atomic mass is 9.98. The van der Waals surface area contributed by atoms with Crippen molar-refractivity contribution < 1.29 is 14.3 Å². The van der Waals surface area contributed by atoms with Crippen molar-refractivity contribution in [3.8, 4) is 11.5 Å². The Morgan fingerprint density at radius 2 is 1.96 bits per heavy atom. The van der Waals surface area contributed by atoms with E-state index in [1.165, 1.54) is 0 Å². The second-order valence-electron chi connectivity index (χ2n) is 6.25. The fraction of sp³-hybridized carbons (Fsp3) is 0.632. The number of benzene rings is 1. The zero-order valence-corrected chi connectivity index (χ0v) is 15.6. The van der Waals surface area contributed by atoms with Gasteiger partial charge in [-0.3, -0.25) is 4.79 Å². The first-order valence-corrected chi connectivity index (χ1v) is 8.81. The van der Waals surface area contributed by atoms with E-state index < -0.39 is 6.04 Å². The summed E-state index contributed by atoms with van der Waals surface area (Å²) in [4.78, 5) is 12.2. The second kappa shape index (κ2) is 10.2. The maximum Gasteiger partial charge on any atom is 0.237 e. The Balaban J connectivity index is 2.76. The van der Waals surface area contributed by atoms with Crippen LogP contribution in [0.15, 0.2) is 18.2 Å². The maximum absolute atomic E-state index is 12.2. The van der Waals surface area contributed by atoms with Crippen LogP contribution in [0.2, 0.25) is 0 Å². The van der Waals surface area contributed by atoms with Gasteiger partial charge in [0.15, 0.2) is 11.5 Å². The van der Waals surface area contributed by atoms with Crippen LogP contribution in [-0.4, -0.2) is 25.7 Å². The molecular formula is C19H32N2O3. The summed E-state index contributed by atoms with van der Waals surface area (Å²) in [6.45, 7) is 8.75. The number of hydrogen-bond acceptors (Lipinski definition) is 4. The summed E-state index contributed by atoms with van der Waals surface area (Å²) in [6, 6.07) is 5.10. The number of carbonyl (C=O) groups excluding carboxylic acids is 1. The van der Waals surface area contributed by atoms with Gasteiger partial charge in [-0.15, -0.1) is 0 Å². The quantitative estimate of drug-likeness (QED) is 0.642. The molecule has 0 heterocycles. The average Bonchev–Trinajstić information content (AvgIpc) is 2.60. The van der Waals surface area contributed by atoms with Crippen LogP contribution in [0.1, 0.15) is 58.6 Å². The molecule has 0 fully saturated rings. The van der Waals surface area contributed by atoms with Crippen LogP contribution in [0.4, 0.5) is 0 Å². The zero-order chi connectivity index (χ0) is 18.1. The van der Waals surface area contributed by atoms with Crippen LogP contribution in [0.25, 0.3) is 0 Å². The Labute approximate surface area is 145 Å². The van der Waals surface area contributed by atoms with Crippen LogP contribution < -0.4 is 20.5 Å².